The predicted molar refractivity (Wildman–Crippen MR) is 124 cm³/mol. The molecule has 4 rings (SSSR count). The number of nitrogens with zero attached hydrogens (tertiary/aromatic N) is 6. The Hall–Kier alpha value is -3.41. The highest BCUT2D eigenvalue weighted by atomic mass is 35.5. The molecule has 4 aromatic rings. The van der Waals surface area contributed by atoms with Gasteiger partial charge in [0, 0.05) is 24.8 Å². The maximum Gasteiger partial charge on any atom is 0.339 e. The number of aryl methyl sites for hydroxylation is 2. The van der Waals surface area contributed by atoms with E-state index < -0.39 is 17.6 Å². The summed E-state index contributed by atoms with van der Waals surface area (Å²) in [5.41, 5.74) is 2.59. The summed E-state index contributed by atoms with van der Waals surface area (Å²) >= 11 is 11.2. The number of rotatable bonds is 5. The Labute approximate surface area is 209 Å². The number of aliphatic hydroxyl groups is 1. The first-order valence-electron chi connectivity index (χ1n) is 10.1. The summed E-state index contributed by atoms with van der Waals surface area (Å²) in [6.07, 6.45) is 8.30. The SMILES string of the molecule is CCOC(=O)c1cn(-c2nc(Cl)ncc2F)cc1C.Cc1cn(-c2nc(Cl)ncc2F)cc1CO. The Morgan fingerprint density at radius 2 is 1.46 bits per heavy atom. The number of carbonyl (C=O) groups is 1. The Morgan fingerprint density at radius 1 is 0.943 bits per heavy atom. The number of esters is 1. The molecule has 0 saturated heterocycles. The summed E-state index contributed by atoms with van der Waals surface area (Å²) in [5.74, 6) is -1.60. The van der Waals surface area contributed by atoms with E-state index in [0.717, 1.165) is 18.0 Å². The molecule has 0 spiro atoms. The van der Waals surface area contributed by atoms with Gasteiger partial charge in [0.05, 0.1) is 31.2 Å². The third kappa shape index (κ3) is 6.18. The van der Waals surface area contributed by atoms with Gasteiger partial charge in [-0.15, -0.1) is 0 Å². The third-order valence-corrected chi connectivity index (χ3v) is 5.07. The molecule has 4 heterocycles. The van der Waals surface area contributed by atoms with Crippen LogP contribution in [0.25, 0.3) is 11.6 Å². The summed E-state index contributed by atoms with van der Waals surface area (Å²) in [6, 6.07) is 0. The van der Waals surface area contributed by atoms with Crippen LogP contribution >= 0.6 is 23.2 Å². The van der Waals surface area contributed by atoms with Crippen LogP contribution in [0.15, 0.2) is 37.2 Å². The molecule has 9 nitrogen and oxygen atoms in total. The zero-order valence-corrected chi connectivity index (χ0v) is 20.3. The van der Waals surface area contributed by atoms with Crippen LogP contribution in [0.3, 0.4) is 0 Å². The predicted octanol–water partition coefficient (Wildman–Crippen LogP) is 4.41. The molecule has 0 aliphatic rings. The smallest absolute Gasteiger partial charge is 0.339 e. The van der Waals surface area contributed by atoms with E-state index in [1.165, 1.54) is 15.3 Å². The van der Waals surface area contributed by atoms with Crippen molar-refractivity contribution in [2.45, 2.75) is 27.4 Å². The van der Waals surface area contributed by atoms with Gasteiger partial charge in [-0.25, -0.2) is 23.5 Å². The monoisotopic (exact) mass is 524 g/mol. The summed E-state index contributed by atoms with van der Waals surface area (Å²) in [4.78, 5) is 26.3. The fourth-order valence-corrected chi connectivity index (χ4v) is 3.28. The topological polar surface area (TPSA) is 108 Å². The summed E-state index contributed by atoms with van der Waals surface area (Å²) in [7, 11) is 0. The van der Waals surface area contributed by atoms with Crippen molar-refractivity contribution in [2.75, 3.05) is 6.61 Å². The van der Waals surface area contributed by atoms with Gasteiger partial charge in [0.25, 0.3) is 0 Å². The summed E-state index contributed by atoms with van der Waals surface area (Å²) in [5, 5.41) is 8.95. The van der Waals surface area contributed by atoms with Gasteiger partial charge in [0.1, 0.15) is 0 Å². The van der Waals surface area contributed by atoms with Crippen LogP contribution in [0, 0.1) is 25.5 Å². The largest absolute Gasteiger partial charge is 0.462 e. The van der Waals surface area contributed by atoms with Crippen LogP contribution in [-0.4, -0.2) is 46.8 Å². The average molecular weight is 525 g/mol. The summed E-state index contributed by atoms with van der Waals surface area (Å²) in [6.45, 7) is 5.44. The number of hydrogen-bond acceptors (Lipinski definition) is 7. The van der Waals surface area contributed by atoms with Gasteiger partial charge in [-0.2, -0.15) is 9.97 Å². The zero-order valence-electron chi connectivity index (χ0n) is 18.8. The summed E-state index contributed by atoms with van der Waals surface area (Å²) < 4.78 is 34.8. The van der Waals surface area contributed by atoms with E-state index >= 15 is 0 Å². The third-order valence-electron chi connectivity index (χ3n) is 4.71. The molecule has 0 saturated carbocycles. The lowest BCUT2D eigenvalue weighted by Gasteiger charge is -2.02. The molecule has 35 heavy (non-hydrogen) atoms. The van der Waals surface area contributed by atoms with Crippen LogP contribution in [-0.2, 0) is 11.3 Å². The van der Waals surface area contributed by atoms with Crippen molar-refractivity contribution >= 4 is 29.2 Å². The van der Waals surface area contributed by atoms with Crippen LogP contribution in [0.5, 0.6) is 0 Å². The Morgan fingerprint density at radius 3 is 1.94 bits per heavy atom. The molecule has 0 amide bonds. The Kier molecular flexibility index (Phi) is 8.49. The quantitative estimate of drug-likeness (QED) is 0.304. The lowest BCUT2D eigenvalue weighted by molar-refractivity contribution is 0.0525. The molecule has 0 bridgehead atoms. The molecule has 0 atom stereocenters. The lowest BCUT2D eigenvalue weighted by Crippen LogP contribution is -2.05. The van der Waals surface area contributed by atoms with Crippen molar-refractivity contribution in [3.63, 3.8) is 0 Å². The highest BCUT2D eigenvalue weighted by Crippen LogP contribution is 2.19. The second-order valence-electron chi connectivity index (χ2n) is 7.14. The van der Waals surface area contributed by atoms with Crippen molar-refractivity contribution in [1.82, 2.24) is 29.1 Å². The second-order valence-corrected chi connectivity index (χ2v) is 7.81. The average Bonchev–Trinajstić information content (AvgIpc) is 3.39. The van der Waals surface area contributed by atoms with Gasteiger partial charge in [0.15, 0.2) is 23.3 Å². The molecule has 1 N–H and O–H groups in total. The number of halogens is 4. The molecule has 0 aliphatic heterocycles. The van der Waals surface area contributed by atoms with Gasteiger partial charge in [-0.05, 0) is 60.7 Å². The van der Waals surface area contributed by atoms with Gasteiger partial charge in [-0.1, -0.05) is 0 Å². The first kappa shape index (κ1) is 26.2. The van der Waals surface area contributed by atoms with Crippen molar-refractivity contribution in [3.8, 4) is 11.6 Å². The fourth-order valence-electron chi connectivity index (χ4n) is 3.02. The molecule has 0 aromatic carbocycles. The minimum Gasteiger partial charge on any atom is -0.462 e. The van der Waals surface area contributed by atoms with Crippen molar-refractivity contribution in [3.05, 3.63) is 81.6 Å². The van der Waals surface area contributed by atoms with E-state index in [0.29, 0.717) is 16.7 Å². The first-order chi connectivity index (χ1) is 16.6. The molecule has 184 valence electrons. The van der Waals surface area contributed by atoms with Crippen molar-refractivity contribution in [2.24, 2.45) is 0 Å². The number of carbonyl (C=O) groups excluding carboxylic acids is 1. The van der Waals surface area contributed by atoms with E-state index in [1.807, 2.05) is 6.92 Å². The van der Waals surface area contributed by atoms with Crippen LogP contribution in [0.4, 0.5) is 8.78 Å². The standard InChI is InChI=1S/C12H11ClFN3O2.C10H9ClFN3O/c1-3-19-11(18)8-6-17(5-7(8)2)10-9(14)4-15-12(13)16-10;1-6-3-15(4-7(6)5-16)9-8(12)2-13-10(11)14-9/h4-6H,3H2,1-2H3;2-4,16H,5H2,1H3. The second kappa shape index (κ2) is 11.3. The van der Waals surface area contributed by atoms with E-state index in [-0.39, 0.29) is 35.4 Å². The van der Waals surface area contributed by atoms with Crippen LogP contribution in [0.1, 0.15) is 34.0 Å². The lowest BCUT2D eigenvalue weighted by atomic mass is 10.2. The molecular formula is C22H20Cl2F2N6O3. The Bertz CT molecular complexity index is 1360. The highest BCUT2D eigenvalue weighted by Gasteiger charge is 2.16. The first-order valence-corrected chi connectivity index (χ1v) is 10.9. The molecule has 4 aromatic heterocycles. The molecule has 0 unspecified atom stereocenters. The molecule has 13 heteroatoms. The molecule has 0 fully saturated rings. The fraction of sp³-hybridized carbons (Fsp3) is 0.227. The van der Waals surface area contributed by atoms with Crippen LogP contribution < -0.4 is 0 Å². The van der Waals surface area contributed by atoms with Gasteiger partial charge in [-0.3, -0.25) is 0 Å². The van der Waals surface area contributed by atoms with Crippen LogP contribution in [0.2, 0.25) is 10.6 Å². The van der Waals surface area contributed by atoms with Crippen molar-refractivity contribution < 1.29 is 23.4 Å². The molecule has 0 aliphatic carbocycles. The van der Waals surface area contributed by atoms with E-state index in [1.54, 1.807) is 32.4 Å². The maximum absolute atomic E-state index is 13.6. The van der Waals surface area contributed by atoms with E-state index in [4.69, 9.17) is 33.0 Å². The van der Waals surface area contributed by atoms with Gasteiger partial charge in [0.2, 0.25) is 10.6 Å². The van der Waals surface area contributed by atoms with E-state index in [9.17, 15) is 13.6 Å². The highest BCUT2D eigenvalue weighted by molar-refractivity contribution is 6.28. The minimum atomic E-state index is -0.630. The number of hydrogen-bond donors (Lipinski definition) is 1. The van der Waals surface area contributed by atoms with E-state index in [2.05, 4.69) is 19.9 Å². The normalized spacial score (nSPS) is 10.6. The minimum absolute atomic E-state index is 0.0151. The number of aromatic nitrogens is 6. The number of aliphatic hydroxyl groups excluding tert-OH is 1. The maximum atomic E-state index is 13.6. The van der Waals surface area contributed by atoms with Gasteiger partial charge >= 0.3 is 5.97 Å². The Balaban J connectivity index is 0.000000198. The van der Waals surface area contributed by atoms with Gasteiger partial charge < -0.3 is 19.0 Å². The zero-order chi connectivity index (χ0) is 25.7. The number of ether oxygens (including phenoxy) is 1. The van der Waals surface area contributed by atoms with Crippen molar-refractivity contribution in [1.29, 1.82) is 0 Å². The molecular weight excluding hydrogens is 505 g/mol. The molecule has 0 radical (unpaired) electrons.